The molecule has 1 unspecified atom stereocenters. The highest BCUT2D eigenvalue weighted by molar-refractivity contribution is 7.88. The van der Waals surface area contributed by atoms with Crippen molar-refractivity contribution < 1.29 is 13.7 Å². The normalized spacial score (nSPS) is 12.8. The lowest BCUT2D eigenvalue weighted by atomic mass is 10.1. The van der Waals surface area contributed by atoms with Gasteiger partial charge in [0.2, 0.25) is 5.91 Å². The summed E-state index contributed by atoms with van der Waals surface area (Å²) in [6.07, 6.45) is 3.59. The number of H-pyrrole nitrogens is 1. The number of benzene rings is 2. The SMILES string of the molecule is COc1cccc2c1c(NS(=O)c1ccc(Cl)s1)nn2Cc1cccc(CNC(=O)[C@@H](N)Cc2cnc[nH]2)c1. The standard InChI is InChI=1S/C26H26ClN7O3S2/c1-37-21-7-3-6-20-24(21)25(33-39(36)23-9-8-22(27)38-23)32-34(20)14-17-5-2-4-16(10-17)12-30-26(35)19(28)11-18-13-29-15-31-18/h2-10,13,15,19H,11-12,14,28H2,1H3,(H,29,31)(H,30,35)(H,32,33)/t19-,39?/m0/s1. The van der Waals surface area contributed by atoms with E-state index in [0.717, 1.165) is 27.7 Å². The summed E-state index contributed by atoms with van der Waals surface area (Å²) in [5, 5.41) is 8.37. The minimum Gasteiger partial charge on any atom is -0.496 e. The minimum atomic E-state index is -1.54. The van der Waals surface area contributed by atoms with Crippen molar-refractivity contribution in [3.8, 4) is 5.75 Å². The summed E-state index contributed by atoms with van der Waals surface area (Å²) in [5.74, 6) is 0.821. The van der Waals surface area contributed by atoms with Gasteiger partial charge in [-0.05, 0) is 35.4 Å². The van der Waals surface area contributed by atoms with E-state index < -0.39 is 17.0 Å². The molecule has 0 radical (unpaired) electrons. The Hall–Kier alpha value is -3.71. The highest BCUT2D eigenvalue weighted by Crippen LogP contribution is 2.34. The Labute approximate surface area is 236 Å². The molecular formula is C26H26ClN7O3S2. The van der Waals surface area contributed by atoms with Crippen LogP contribution in [0.15, 0.2) is 71.3 Å². The first-order valence-corrected chi connectivity index (χ1v) is 14.3. The van der Waals surface area contributed by atoms with E-state index in [0.29, 0.717) is 39.6 Å². The van der Waals surface area contributed by atoms with Crippen molar-refractivity contribution in [2.24, 2.45) is 5.73 Å². The predicted molar refractivity (Wildman–Crippen MR) is 153 cm³/mol. The van der Waals surface area contributed by atoms with Crippen LogP contribution in [0.1, 0.15) is 16.8 Å². The van der Waals surface area contributed by atoms with E-state index in [1.165, 1.54) is 11.3 Å². The number of hydrogen-bond donors (Lipinski definition) is 4. The number of hydrogen-bond acceptors (Lipinski definition) is 7. The Morgan fingerprint density at radius 2 is 2.05 bits per heavy atom. The number of amides is 1. The molecule has 0 bridgehead atoms. The maximum absolute atomic E-state index is 13.0. The number of rotatable bonds is 11. The van der Waals surface area contributed by atoms with Gasteiger partial charge in [-0.15, -0.1) is 11.3 Å². The molecule has 0 fully saturated rings. The number of halogens is 1. The van der Waals surface area contributed by atoms with Crippen LogP contribution < -0.4 is 20.5 Å². The number of aromatic nitrogens is 4. The van der Waals surface area contributed by atoms with Crippen molar-refractivity contribution in [1.29, 1.82) is 0 Å². The predicted octanol–water partition coefficient (Wildman–Crippen LogP) is 3.85. The van der Waals surface area contributed by atoms with Crippen LogP contribution >= 0.6 is 22.9 Å². The lowest BCUT2D eigenvalue weighted by Gasteiger charge is -2.12. The fraction of sp³-hybridized carbons (Fsp3) is 0.192. The van der Waals surface area contributed by atoms with Crippen molar-refractivity contribution in [2.75, 3.05) is 11.8 Å². The van der Waals surface area contributed by atoms with Gasteiger partial charge in [0.05, 0.1) is 41.3 Å². The maximum atomic E-state index is 13.0. The molecule has 202 valence electrons. The molecule has 2 atom stereocenters. The molecule has 0 saturated carbocycles. The molecule has 5 aromatic rings. The fourth-order valence-corrected chi connectivity index (χ4v) is 6.37. The second-order valence-corrected chi connectivity index (χ2v) is 11.9. The van der Waals surface area contributed by atoms with Crippen LogP contribution in [0, 0.1) is 0 Å². The molecular weight excluding hydrogens is 558 g/mol. The van der Waals surface area contributed by atoms with Gasteiger partial charge in [0.1, 0.15) is 9.96 Å². The van der Waals surface area contributed by atoms with Crippen LogP contribution in [0.5, 0.6) is 5.75 Å². The molecule has 3 heterocycles. The molecule has 0 aliphatic heterocycles. The largest absolute Gasteiger partial charge is 0.496 e. The van der Waals surface area contributed by atoms with Crippen LogP contribution in [0.2, 0.25) is 4.34 Å². The van der Waals surface area contributed by atoms with Gasteiger partial charge in [0, 0.05) is 24.9 Å². The summed E-state index contributed by atoms with van der Waals surface area (Å²) >= 11 is 7.27. The van der Waals surface area contributed by atoms with Gasteiger partial charge in [-0.3, -0.25) is 14.2 Å². The van der Waals surface area contributed by atoms with Gasteiger partial charge < -0.3 is 20.8 Å². The molecule has 3 aromatic heterocycles. The third-order valence-electron chi connectivity index (χ3n) is 6.00. The number of aromatic amines is 1. The number of fused-ring (bicyclic) bond motifs is 1. The second-order valence-electron chi connectivity index (χ2n) is 8.72. The maximum Gasteiger partial charge on any atom is 0.237 e. The average molecular weight is 584 g/mol. The molecule has 5 N–H and O–H groups in total. The quantitative estimate of drug-likeness (QED) is 0.186. The number of carbonyl (C=O) groups is 1. The number of anilines is 1. The molecule has 0 aliphatic rings. The average Bonchev–Trinajstić information content (AvgIpc) is 3.69. The van der Waals surface area contributed by atoms with Crippen molar-refractivity contribution in [2.45, 2.75) is 29.8 Å². The number of nitrogens with zero attached hydrogens (tertiary/aromatic N) is 3. The highest BCUT2D eigenvalue weighted by Gasteiger charge is 2.19. The number of thiophene rings is 1. The highest BCUT2D eigenvalue weighted by atomic mass is 35.5. The molecule has 0 saturated heterocycles. The van der Waals surface area contributed by atoms with E-state index in [4.69, 9.17) is 27.2 Å². The first-order chi connectivity index (χ1) is 18.9. The topological polar surface area (TPSA) is 140 Å². The summed E-state index contributed by atoms with van der Waals surface area (Å²) in [6.45, 7) is 0.788. The number of nitrogens with one attached hydrogen (secondary N) is 3. The first-order valence-electron chi connectivity index (χ1n) is 12.0. The Morgan fingerprint density at radius 1 is 1.23 bits per heavy atom. The first kappa shape index (κ1) is 26.9. The summed E-state index contributed by atoms with van der Waals surface area (Å²) in [6, 6.07) is 16.3. The van der Waals surface area contributed by atoms with E-state index in [9.17, 15) is 9.00 Å². The monoisotopic (exact) mass is 583 g/mol. The second kappa shape index (κ2) is 12.0. The molecule has 10 nitrogen and oxygen atoms in total. The number of nitrogens with two attached hydrogens (primary N) is 1. The molecule has 13 heteroatoms. The van der Waals surface area contributed by atoms with Crippen molar-refractivity contribution in [3.05, 3.63) is 88.3 Å². The third kappa shape index (κ3) is 6.31. The Balaban J connectivity index is 1.32. The van der Waals surface area contributed by atoms with E-state index in [1.807, 2.05) is 47.1 Å². The van der Waals surface area contributed by atoms with Gasteiger partial charge >= 0.3 is 0 Å². The number of methoxy groups -OCH3 is 1. The molecule has 5 rings (SSSR count). The zero-order valence-electron chi connectivity index (χ0n) is 20.9. The zero-order chi connectivity index (χ0) is 27.4. The van der Waals surface area contributed by atoms with Crippen molar-refractivity contribution in [1.82, 2.24) is 25.1 Å². The van der Waals surface area contributed by atoms with Crippen LogP contribution in [-0.4, -0.2) is 43.0 Å². The van der Waals surface area contributed by atoms with Crippen LogP contribution in [0.4, 0.5) is 5.82 Å². The molecule has 39 heavy (non-hydrogen) atoms. The number of imidazole rings is 1. The zero-order valence-corrected chi connectivity index (χ0v) is 23.3. The Bertz CT molecular complexity index is 1620. The van der Waals surface area contributed by atoms with Crippen LogP contribution in [0.3, 0.4) is 0 Å². The van der Waals surface area contributed by atoms with Gasteiger partial charge in [-0.2, -0.15) is 5.10 Å². The molecule has 0 aliphatic carbocycles. The smallest absolute Gasteiger partial charge is 0.237 e. The van der Waals surface area contributed by atoms with Crippen LogP contribution in [-0.2, 0) is 35.3 Å². The lowest BCUT2D eigenvalue weighted by Crippen LogP contribution is -2.41. The van der Waals surface area contributed by atoms with E-state index in [-0.39, 0.29) is 5.91 Å². The minimum absolute atomic E-state index is 0.240. The van der Waals surface area contributed by atoms with Gasteiger partial charge in [-0.1, -0.05) is 41.9 Å². The summed E-state index contributed by atoms with van der Waals surface area (Å²) < 4.78 is 24.5. The molecule has 0 spiro atoms. The van der Waals surface area contributed by atoms with E-state index in [2.05, 4.69) is 20.0 Å². The molecule has 2 aromatic carbocycles. The Kier molecular flexibility index (Phi) is 8.27. The van der Waals surface area contributed by atoms with E-state index >= 15 is 0 Å². The van der Waals surface area contributed by atoms with Gasteiger partial charge in [0.15, 0.2) is 16.8 Å². The van der Waals surface area contributed by atoms with Gasteiger partial charge in [-0.25, -0.2) is 9.19 Å². The third-order valence-corrected chi connectivity index (χ3v) is 8.61. The molecule has 1 amide bonds. The van der Waals surface area contributed by atoms with Gasteiger partial charge in [0.25, 0.3) is 0 Å². The summed E-state index contributed by atoms with van der Waals surface area (Å²) in [5.41, 5.74) is 9.58. The summed E-state index contributed by atoms with van der Waals surface area (Å²) in [7, 11) is 0.0460. The van der Waals surface area contributed by atoms with E-state index in [1.54, 1.807) is 31.8 Å². The number of carbonyl (C=O) groups excluding carboxylic acids is 1. The fourth-order valence-electron chi connectivity index (χ4n) is 4.15. The summed E-state index contributed by atoms with van der Waals surface area (Å²) in [4.78, 5) is 19.4. The van der Waals surface area contributed by atoms with Crippen molar-refractivity contribution in [3.63, 3.8) is 0 Å². The number of ether oxygens (including phenoxy) is 1. The van der Waals surface area contributed by atoms with Crippen LogP contribution in [0.25, 0.3) is 10.9 Å². The van der Waals surface area contributed by atoms with Crippen molar-refractivity contribution >= 4 is 56.6 Å². The lowest BCUT2D eigenvalue weighted by molar-refractivity contribution is -0.122. The Morgan fingerprint density at radius 3 is 2.79 bits per heavy atom.